The maximum Gasteiger partial charge on any atom is 0.339 e. The molecule has 0 unspecified atom stereocenters. The lowest BCUT2D eigenvalue weighted by Crippen LogP contribution is -2.17. The maximum absolute atomic E-state index is 12.1. The summed E-state index contributed by atoms with van der Waals surface area (Å²) < 4.78 is 10.4. The van der Waals surface area contributed by atoms with Crippen LogP contribution in [0.25, 0.3) is 11.3 Å². The summed E-state index contributed by atoms with van der Waals surface area (Å²) in [6, 6.07) is 15.6. The smallest absolute Gasteiger partial charge is 0.339 e. The first-order chi connectivity index (χ1) is 13.5. The number of halogens is 1. The number of carbonyl (C=O) groups is 2. The fourth-order valence-electron chi connectivity index (χ4n) is 2.53. The summed E-state index contributed by atoms with van der Waals surface area (Å²) in [5.74, 6) is 0.183. The van der Waals surface area contributed by atoms with Crippen LogP contribution in [-0.2, 0) is 4.74 Å². The number of hydrogen-bond donors (Lipinski definition) is 1. The second kappa shape index (κ2) is 8.54. The fraction of sp³-hybridized carbons (Fsp3) is 0.0952. The molecule has 0 atom stereocenters. The summed E-state index contributed by atoms with van der Waals surface area (Å²) in [5, 5.41) is 4.18. The molecule has 0 fully saturated rings. The Kier molecular flexibility index (Phi) is 5.91. The number of carbonyl (C=O) groups excluding carboxylic acids is 2. The molecule has 1 heterocycles. The van der Waals surface area contributed by atoms with Crippen molar-refractivity contribution in [2.45, 2.75) is 6.92 Å². The molecule has 7 heteroatoms. The first-order valence-corrected chi connectivity index (χ1v) is 8.74. The van der Waals surface area contributed by atoms with E-state index in [1.807, 2.05) is 19.1 Å². The zero-order chi connectivity index (χ0) is 20.1. The van der Waals surface area contributed by atoms with Gasteiger partial charge in [-0.2, -0.15) is 5.10 Å². The normalized spacial score (nSPS) is 10.8. The Balaban J connectivity index is 1.69. The van der Waals surface area contributed by atoms with Gasteiger partial charge in [0.25, 0.3) is 5.91 Å². The van der Waals surface area contributed by atoms with Crippen molar-refractivity contribution >= 4 is 29.7 Å². The number of benzene rings is 2. The van der Waals surface area contributed by atoms with Crippen molar-refractivity contribution in [1.82, 2.24) is 5.43 Å². The van der Waals surface area contributed by atoms with E-state index < -0.39 is 5.97 Å². The Morgan fingerprint density at radius 2 is 1.96 bits per heavy atom. The Morgan fingerprint density at radius 1 is 1.14 bits per heavy atom. The quantitative estimate of drug-likeness (QED) is 0.392. The molecule has 0 radical (unpaired) electrons. The largest absolute Gasteiger partial charge is 0.465 e. The van der Waals surface area contributed by atoms with Gasteiger partial charge in [0.15, 0.2) is 0 Å². The van der Waals surface area contributed by atoms with Gasteiger partial charge in [-0.05, 0) is 43.3 Å². The zero-order valence-electron chi connectivity index (χ0n) is 15.2. The van der Waals surface area contributed by atoms with E-state index in [2.05, 4.69) is 15.3 Å². The van der Waals surface area contributed by atoms with E-state index in [4.69, 9.17) is 16.0 Å². The monoisotopic (exact) mass is 396 g/mol. The lowest BCUT2D eigenvalue weighted by atomic mass is 10.1. The molecule has 142 valence electrons. The van der Waals surface area contributed by atoms with Gasteiger partial charge in [0.2, 0.25) is 0 Å². The first kappa shape index (κ1) is 19.4. The summed E-state index contributed by atoms with van der Waals surface area (Å²) in [6.45, 7) is 1.91. The average molecular weight is 397 g/mol. The second-order valence-electron chi connectivity index (χ2n) is 5.96. The number of nitrogens with one attached hydrogen (secondary N) is 1. The predicted octanol–water partition coefficient (Wildman–Crippen LogP) is 4.46. The predicted molar refractivity (Wildman–Crippen MR) is 107 cm³/mol. The molecule has 6 nitrogen and oxygen atoms in total. The van der Waals surface area contributed by atoms with Crippen molar-refractivity contribution in [3.63, 3.8) is 0 Å². The molecule has 0 aliphatic rings. The van der Waals surface area contributed by atoms with Crippen LogP contribution in [0.4, 0.5) is 0 Å². The number of hydrazone groups is 1. The molecule has 0 aliphatic heterocycles. The summed E-state index contributed by atoms with van der Waals surface area (Å²) in [5.41, 5.74) is 4.95. The van der Waals surface area contributed by atoms with Crippen molar-refractivity contribution in [1.29, 1.82) is 0 Å². The molecule has 0 spiro atoms. The molecule has 3 aromatic rings. The zero-order valence-corrected chi connectivity index (χ0v) is 16.0. The highest BCUT2D eigenvalue weighted by Crippen LogP contribution is 2.27. The lowest BCUT2D eigenvalue weighted by Gasteiger charge is -2.04. The summed E-state index contributed by atoms with van der Waals surface area (Å²) in [4.78, 5) is 23.7. The first-order valence-electron chi connectivity index (χ1n) is 8.36. The van der Waals surface area contributed by atoms with Crippen molar-refractivity contribution < 1.29 is 18.7 Å². The minimum absolute atomic E-state index is 0.265. The van der Waals surface area contributed by atoms with Crippen molar-refractivity contribution in [3.8, 4) is 11.3 Å². The van der Waals surface area contributed by atoms with Crippen LogP contribution >= 0.6 is 11.6 Å². The van der Waals surface area contributed by atoms with E-state index in [0.717, 1.165) is 5.56 Å². The molecule has 1 aromatic heterocycles. The molecule has 2 aromatic carbocycles. The minimum atomic E-state index is -0.506. The molecule has 0 saturated heterocycles. The van der Waals surface area contributed by atoms with E-state index in [-0.39, 0.29) is 16.5 Å². The molecular weight excluding hydrogens is 380 g/mol. The van der Waals surface area contributed by atoms with Gasteiger partial charge in [-0.25, -0.2) is 10.2 Å². The fourth-order valence-corrected chi connectivity index (χ4v) is 2.78. The van der Waals surface area contributed by atoms with Gasteiger partial charge in [0.05, 0.1) is 23.9 Å². The summed E-state index contributed by atoms with van der Waals surface area (Å²) in [7, 11) is 1.29. The summed E-state index contributed by atoms with van der Waals surface area (Å²) in [6.07, 6.45) is 1.40. The van der Waals surface area contributed by atoms with E-state index >= 15 is 0 Å². The maximum atomic E-state index is 12.1. The Hall–Kier alpha value is -3.38. The lowest BCUT2D eigenvalue weighted by molar-refractivity contribution is 0.0600. The third-order valence-electron chi connectivity index (χ3n) is 3.92. The van der Waals surface area contributed by atoms with Crippen LogP contribution in [0.2, 0.25) is 5.02 Å². The number of ether oxygens (including phenoxy) is 1. The second-order valence-corrected chi connectivity index (χ2v) is 6.36. The topological polar surface area (TPSA) is 80.9 Å². The number of methoxy groups -OCH3 is 1. The molecule has 1 N–H and O–H groups in total. The molecule has 0 bridgehead atoms. The Bertz CT molecular complexity index is 1060. The van der Waals surface area contributed by atoms with E-state index in [9.17, 15) is 9.59 Å². The Morgan fingerprint density at radius 3 is 2.68 bits per heavy atom. The third kappa shape index (κ3) is 4.47. The van der Waals surface area contributed by atoms with Crippen LogP contribution < -0.4 is 5.43 Å². The number of amides is 1. The van der Waals surface area contributed by atoms with Gasteiger partial charge in [0, 0.05) is 11.1 Å². The molecule has 0 saturated carbocycles. The number of aryl methyl sites for hydroxylation is 1. The number of rotatable bonds is 5. The van der Waals surface area contributed by atoms with Crippen molar-refractivity contribution in [3.05, 3.63) is 82.1 Å². The van der Waals surface area contributed by atoms with Gasteiger partial charge in [-0.1, -0.05) is 35.4 Å². The average Bonchev–Trinajstić information content (AvgIpc) is 3.16. The minimum Gasteiger partial charge on any atom is -0.465 e. The highest BCUT2D eigenvalue weighted by atomic mass is 35.5. The van der Waals surface area contributed by atoms with E-state index in [0.29, 0.717) is 22.6 Å². The number of furan rings is 1. The van der Waals surface area contributed by atoms with Crippen LogP contribution in [0.5, 0.6) is 0 Å². The van der Waals surface area contributed by atoms with Gasteiger partial charge in [-0.15, -0.1) is 0 Å². The molecular formula is C21H17ClN2O4. The van der Waals surface area contributed by atoms with Gasteiger partial charge in [0.1, 0.15) is 11.5 Å². The number of hydrogen-bond acceptors (Lipinski definition) is 5. The summed E-state index contributed by atoms with van der Waals surface area (Å²) >= 11 is 6.13. The molecule has 0 aliphatic carbocycles. The van der Waals surface area contributed by atoms with Crippen LogP contribution in [0, 0.1) is 6.92 Å². The van der Waals surface area contributed by atoms with E-state index in [1.165, 1.54) is 13.3 Å². The van der Waals surface area contributed by atoms with Gasteiger partial charge < -0.3 is 9.15 Å². The van der Waals surface area contributed by atoms with Crippen LogP contribution in [0.3, 0.4) is 0 Å². The third-order valence-corrected chi connectivity index (χ3v) is 4.24. The van der Waals surface area contributed by atoms with Crippen LogP contribution in [0.15, 0.2) is 64.1 Å². The van der Waals surface area contributed by atoms with Crippen LogP contribution in [-0.4, -0.2) is 25.2 Å². The van der Waals surface area contributed by atoms with Gasteiger partial charge in [-0.3, -0.25) is 4.79 Å². The SMILES string of the molecule is COC(=O)c1ccc(-c2ccc(/C=N\NC(=O)c3cccc(C)c3)o2)cc1Cl. The highest BCUT2D eigenvalue weighted by molar-refractivity contribution is 6.33. The van der Waals surface area contributed by atoms with Crippen LogP contribution in [0.1, 0.15) is 32.0 Å². The molecule has 28 heavy (non-hydrogen) atoms. The highest BCUT2D eigenvalue weighted by Gasteiger charge is 2.13. The number of esters is 1. The van der Waals surface area contributed by atoms with E-state index in [1.54, 1.807) is 42.5 Å². The van der Waals surface area contributed by atoms with Gasteiger partial charge >= 0.3 is 5.97 Å². The number of nitrogens with zero attached hydrogens (tertiary/aromatic N) is 1. The van der Waals surface area contributed by atoms with Crippen molar-refractivity contribution in [2.75, 3.05) is 7.11 Å². The molecule has 1 amide bonds. The standard InChI is InChI=1S/C21H17ClN2O4/c1-13-4-3-5-15(10-13)20(25)24-23-12-16-7-9-19(28-16)14-6-8-17(18(22)11-14)21(26)27-2/h3-12H,1-2H3,(H,24,25)/b23-12-. The Labute approximate surface area is 166 Å². The van der Waals surface area contributed by atoms with Crippen molar-refractivity contribution in [2.24, 2.45) is 5.10 Å². The molecule has 3 rings (SSSR count).